The highest BCUT2D eigenvalue weighted by Gasteiger charge is 2.23. The first-order chi connectivity index (χ1) is 13.6. The summed E-state index contributed by atoms with van der Waals surface area (Å²) in [6, 6.07) is 9.71. The first-order valence-electron chi connectivity index (χ1n) is 9.41. The molecule has 8 heteroatoms. The molecule has 8 nitrogen and oxygen atoms in total. The highest BCUT2D eigenvalue weighted by Crippen LogP contribution is 2.27. The Morgan fingerprint density at radius 3 is 2.79 bits per heavy atom. The second-order valence-corrected chi connectivity index (χ2v) is 7.02. The minimum Gasteiger partial charge on any atom is -0.365 e. The van der Waals surface area contributed by atoms with Gasteiger partial charge in [0.05, 0.1) is 5.52 Å². The van der Waals surface area contributed by atoms with Crippen LogP contribution in [-0.2, 0) is 0 Å². The van der Waals surface area contributed by atoms with Crippen molar-refractivity contribution in [3.05, 3.63) is 48.3 Å². The quantitative estimate of drug-likeness (QED) is 0.537. The zero-order valence-corrected chi connectivity index (χ0v) is 15.4. The molecule has 4 rings (SSSR count). The van der Waals surface area contributed by atoms with Crippen LogP contribution in [0.1, 0.15) is 36.0 Å². The summed E-state index contributed by atoms with van der Waals surface area (Å²) < 4.78 is 0. The number of pyridine rings is 1. The largest absolute Gasteiger partial charge is 0.365 e. The Kier molecular flexibility index (Phi) is 5.03. The third-order valence-corrected chi connectivity index (χ3v) is 5.09. The number of aromatic nitrogens is 3. The Morgan fingerprint density at radius 2 is 1.96 bits per heavy atom. The monoisotopic (exact) mass is 377 g/mol. The molecule has 1 aromatic carbocycles. The molecule has 28 heavy (non-hydrogen) atoms. The van der Waals surface area contributed by atoms with Crippen LogP contribution in [0.5, 0.6) is 0 Å². The van der Waals surface area contributed by atoms with Gasteiger partial charge in [-0.1, -0.05) is 18.9 Å². The number of anilines is 3. The molecule has 2 heterocycles. The lowest BCUT2D eigenvalue weighted by Crippen LogP contribution is -2.43. The number of benzene rings is 1. The van der Waals surface area contributed by atoms with Crippen molar-refractivity contribution < 1.29 is 4.79 Å². The molecule has 1 saturated carbocycles. The molecule has 1 amide bonds. The van der Waals surface area contributed by atoms with E-state index in [1.165, 1.54) is 6.20 Å². The summed E-state index contributed by atoms with van der Waals surface area (Å²) in [5.74, 6) is 0.181. The molecule has 6 N–H and O–H groups in total. The molecule has 0 spiro atoms. The Balaban J connectivity index is 1.67. The Morgan fingerprint density at radius 1 is 1.11 bits per heavy atom. The Bertz CT molecular complexity index is 1000. The number of hydrogen-bond acceptors (Lipinski definition) is 7. The molecular formula is C20H23N7O. The molecule has 0 saturated heterocycles. The zero-order chi connectivity index (χ0) is 19.5. The average Bonchev–Trinajstić information content (AvgIpc) is 2.70. The minimum atomic E-state index is -0.596. The van der Waals surface area contributed by atoms with Gasteiger partial charge in [0.15, 0.2) is 0 Å². The molecule has 0 aliphatic heterocycles. The van der Waals surface area contributed by atoms with E-state index in [1.54, 1.807) is 6.20 Å². The van der Waals surface area contributed by atoms with Gasteiger partial charge in [0.25, 0.3) is 5.91 Å². The molecule has 1 fully saturated rings. The molecule has 1 aliphatic carbocycles. The van der Waals surface area contributed by atoms with E-state index in [-0.39, 0.29) is 17.6 Å². The van der Waals surface area contributed by atoms with Crippen molar-refractivity contribution in [1.29, 1.82) is 0 Å². The number of amides is 1. The second-order valence-electron chi connectivity index (χ2n) is 7.02. The van der Waals surface area contributed by atoms with Crippen LogP contribution in [0.2, 0.25) is 0 Å². The average molecular weight is 377 g/mol. The molecular weight excluding hydrogens is 354 g/mol. The van der Waals surface area contributed by atoms with Crippen LogP contribution in [0.3, 0.4) is 0 Å². The fourth-order valence-corrected chi connectivity index (χ4v) is 3.57. The second kappa shape index (κ2) is 7.77. The lowest BCUT2D eigenvalue weighted by atomic mass is 9.91. The molecule has 0 bridgehead atoms. The minimum absolute atomic E-state index is 0.0636. The number of nitrogens with two attached hydrogens (primary N) is 2. The van der Waals surface area contributed by atoms with Crippen LogP contribution in [0.25, 0.3) is 10.9 Å². The lowest BCUT2D eigenvalue weighted by Gasteiger charge is -2.29. The number of hydrogen-bond donors (Lipinski definition) is 4. The predicted octanol–water partition coefficient (Wildman–Crippen LogP) is 2.55. The van der Waals surface area contributed by atoms with Gasteiger partial charge < -0.3 is 22.1 Å². The number of fused-ring (bicyclic) bond motifs is 1. The van der Waals surface area contributed by atoms with Gasteiger partial charge in [-0.2, -0.15) is 4.98 Å². The van der Waals surface area contributed by atoms with E-state index in [9.17, 15) is 4.79 Å². The Labute approximate surface area is 162 Å². The summed E-state index contributed by atoms with van der Waals surface area (Å²) in [6.07, 6.45) is 7.39. The van der Waals surface area contributed by atoms with Crippen molar-refractivity contribution in [2.75, 3.05) is 10.6 Å². The SMILES string of the molecule is NC(=O)c1cnc(N[C@@H]2CCCC[C@@H]2N)nc1Nc1cccc2ncccc12. The van der Waals surface area contributed by atoms with Crippen LogP contribution >= 0.6 is 0 Å². The van der Waals surface area contributed by atoms with E-state index in [4.69, 9.17) is 11.5 Å². The van der Waals surface area contributed by atoms with Crippen LogP contribution in [0, 0.1) is 0 Å². The van der Waals surface area contributed by atoms with E-state index in [2.05, 4.69) is 25.6 Å². The van der Waals surface area contributed by atoms with Crippen LogP contribution in [0.15, 0.2) is 42.7 Å². The number of primary amides is 1. The fourth-order valence-electron chi connectivity index (χ4n) is 3.57. The zero-order valence-electron chi connectivity index (χ0n) is 15.4. The summed E-state index contributed by atoms with van der Waals surface area (Å²) in [5, 5.41) is 7.45. The van der Waals surface area contributed by atoms with Gasteiger partial charge in [-0.3, -0.25) is 9.78 Å². The summed E-state index contributed by atoms with van der Waals surface area (Å²) in [6.45, 7) is 0. The molecule has 3 aromatic rings. The van der Waals surface area contributed by atoms with E-state index in [0.717, 1.165) is 42.3 Å². The predicted molar refractivity (Wildman–Crippen MR) is 109 cm³/mol. The van der Waals surface area contributed by atoms with Gasteiger partial charge in [-0.25, -0.2) is 4.98 Å². The standard InChI is InChI=1S/C20H23N7O/c21-14-6-1-2-7-17(14)26-20-24-11-13(18(22)28)19(27-20)25-16-9-3-8-15-12(16)5-4-10-23-15/h3-5,8-11,14,17H,1-2,6-7,21H2,(H2,22,28)(H2,24,25,26,27)/t14-,17+/m0/s1. The molecule has 0 radical (unpaired) electrons. The van der Waals surface area contributed by atoms with Crippen LogP contribution in [-0.4, -0.2) is 32.9 Å². The van der Waals surface area contributed by atoms with E-state index in [1.807, 2.05) is 30.3 Å². The lowest BCUT2D eigenvalue weighted by molar-refractivity contribution is 0.100. The number of nitrogens with zero attached hydrogens (tertiary/aromatic N) is 3. The van der Waals surface area contributed by atoms with E-state index in [0.29, 0.717) is 11.8 Å². The maximum atomic E-state index is 11.9. The van der Waals surface area contributed by atoms with Gasteiger partial charge in [-0.05, 0) is 37.1 Å². The third-order valence-electron chi connectivity index (χ3n) is 5.09. The van der Waals surface area contributed by atoms with Gasteiger partial charge in [-0.15, -0.1) is 0 Å². The fraction of sp³-hybridized carbons (Fsp3) is 0.300. The van der Waals surface area contributed by atoms with Crippen molar-refractivity contribution in [2.45, 2.75) is 37.8 Å². The normalized spacial score (nSPS) is 19.3. The first-order valence-corrected chi connectivity index (χ1v) is 9.41. The van der Waals surface area contributed by atoms with Crippen molar-refractivity contribution in [3.8, 4) is 0 Å². The number of carbonyl (C=O) groups excluding carboxylic acids is 1. The third kappa shape index (κ3) is 3.72. The van der Waals surface area contributed by atoms with E-state index >= 15 is 0 Å². The van der Waals surface area contributed by atoms with Crippen molar-refractivity contribution in [3.63, 3.8) is 0 Å². The van der Waals surface area contributed by atoms with Gasteiger partial charge in [0.2, 0.25) is 5.95 Å². The molecule has 2 aromatic heterocycles. The molecule has 144 valence electrons. The molecule has 0 unspecified atom stereocenters. The number of carbonyl (C=O) groups is 1. The molecule has 2 atom stereocenters. The topological polar surface area (TPSA) is 132 Å². The highest BCUT2D eigenvalue weighted by atomic mass is 16.1. The summed E-state index contributed by atoms with van der Waals surface area (Å²) >= 11 is 0. The van der Waals surface area contributed by atoms with Crippen LogP contribution < -0.4 is 22.1 Å². The van der Waals surface area contributed by atoms with Gasteiger partial charge in [0, 0.05) is 35.6 Å². The van der Waals surface area contributed by atoms with Crippen molar-refractivity contribution >= 4 is 34.3 Å². The Hall–Kier alpha value is -3.26. The number of nitrogens with one attached hydrogen (secondary N) is 2. The maximum absolute atomic E-state index is 11.9. The van der Waals surface area contributed by atoms with E-state index < -0.39 is 5.91 Å². The van der Waals surface area contributed by atoms with Crippen LogP contribution in [0.4, 0.5) is 17.5 Å². The summed E-state index contributed by atoms with van der Waals surface area (Å²) in [5.41, 5.74) is 13.6. The summed E-state index contributed by atoms with van der Waals surface area (Å²) in [7, 11) is 0. The molecule has 1 aliphatic rings. The van der Waals surface area contributed by atoms with Crippen molar-refractivity contribution in [1.82, 2.24) is 15.0 Å². The smallest absolute Gasteiger partial charge is 0.254 e. The van der Waals surface area contributed by atoms with Gasteiger partial charge in [0.1, 0.15) is 11.4 Å². The maximum Gasteiger partial charge on any atom is 0.254 e. The first kappa shape index (κ1) is 18.1. The number of rotatable bonds is 5. The summed E-state index contributed by atoms with van der Waals surface area (Å²) in [4.78, 5) is 25.0. The van der Waals surface area contributed by atoms with Crippen molar-refractivity contribution in [2.24, 2.45) is 11.5 Å². The highest BCUT2D eigenvalue weighted by molar-refractivity contribution is 6.00. The van der Waals surface area contributed by atoms with Gasteiger partial charge >= 0.3 is 0 Å².